The highest BCUT2D eigenvalue weighted by Crippen LogP contribution is 2.32. The fraction of sp³-hybridized carbons (Fsp3) is 0.455. The Morgan fingerprint density at radius 1 is 0.963 bits per heavy atom. The first-order chi connectivity index (χ1) is 13.0. The van der Waals surface area contributed by atoms with Crippen LogP contribution in [0.2, 0.25) is 10.0 Å². The number of piperidine rings is 1. The SMILES string of the molecule is COc1ccc(CC2CC(C)CCN2Cc2ccc(OC)cc2Cl)c(Cl)c1. The Kier molecular flexibility index (Phi) is 6.91. The number of benzene rings is 2. The largest absolute Gasteiger partial charge is 0.497 e. The lowest BCUT2D eigenvalue weighted by molar-refractivity contribution is 0.110. The molecule has 1 fully saturated rings. The number of hydrogen-bond acceptors (Lipinski definition) is 3. The number of likely N-dealkylation sites (tertiary alicyclic amines) is 1. The monoisotopic (exact) mass is 407 g/mol. The maximum atomic E-state index is 6.50. The maximum absolute atomic E-state index is 6.50. The molecule has 0 radical (unpaired) electrons. The van der Waals surface area contributed by atoms with E-state index in [-0.39, 0.29) is 0 Å². The molecule has 0 bridgehead atoms. The number of ether oxygens (including phenoxy) is 2. The van der Waals surface area contributed by atoms with Crippen LogP contribution in [0.15, 0.2) is 36.4 Å². The van der Waals surface area contributed by atoms with Gasteiger partial charge in [-0.25, -0.2) is 0 Å². The molecular weight excluding hydrogens is 381 g/mol. The smallest absolute Gasteiger partial charge is 0.120 e. The minimum absolute atomic E-state index is 0.442. The second-order valence-electron chi connectivity index (χ2n) is 7.37. The van der Waals surface area contributed by atoms with Crippen molar-refractivity contribution >= 4 is 23.2 Å². The standard InChI is InChI=1S/C22H27Cl2NO2/c1-15-8-9-25(14-17-5-7-20(27-3)13-22(17)24)18(10-15)11-16-4-6-19(26-2)12-21(16)23/h4-7,12-13,15,18H,8-11,14H2,1-3H3. The summed E-state index contributed by atoms with van der Waals surface area (Å²) in [6.07, 6.45) is 3.30. The number of methoxy groups -OCH3 is 2. The zero-order chi connectivity index (χ0) is 19.4. The number of rotatable bonds is 6. The summed E-state index contributed by atoms with van der Waals surface area (Å²) in [5, 5.41) is 1.53. The minimum Gasteiger partial charge on any atom is -0.497 e. The van der Waals surface area contributed by atoms with E-state index in [1.165, 1.54) is 12.0 Å². The van der Waals surface area contributed by atoms with Crippen LogP contribution < -0.4 is 9.47 Å². The Labute approximate surface area is 172 Å². The highest BCUT2D eigenvalue weighted by Gasteiger charge is 2.27. The van der Waals surface area contributed by atoms with Crippen LogP contribution in [0.4, 0.5) is 0 Å². The van der Waals surface area contributed by atoms with E-state index >= 15 is 0 Å². The molecule has 146 valence electrons. The molecule has 3 nitrogen and oxygen atoms in total. The summed E-state index contributed by atoms with van der Waals surface area (Å²) in [6, 6.07) is 12.3. The summed E-state index contributed by atoms with van der Waals surface area (Å²) in [7, 11) is 3.32. The minimum atomic E-state index is 0.442. The molecule has 0 aromatic heterocycles. The zero-order valence-corrected chi connectivity index (χ0v) is 17.7. The van der Waals surface area contributed by atoms with E-state index in [4.69, 9.17) is 32.7 Å². The van der Waals surface area contributed by atoms with Gasteiger partial charge < -0.3 is 9.47 Å². The average molecular weight is 408 g/mol. The van der Waals surface area contributed by atoms with Gasteiger partial charge in [0.05, 0.1) is 14.2 Å². The maximum Gasteiger partial charge on any atom is 0.120 e. The van der Waals surface area contributed by atoms with Gasteiger partial charge in [-0.3, -0.25) is 4.90 Å². The van der Waals surface area contributed by atoms with Gasteiger partial charge in [-0.1, -0.05) is 42.3 Å². The van der Waals surface area contributed by atoms with Gasteiger partial charge in [-0.2, -0.15) is 0 Å². The van der Waals surface area contributed by atoms with Crippen molar-refractivity contribution in [3.05, 3.63) is 57.6 Å². The molecule has 0 aliphatic carbocycles. The molecule has 2 atom stereocenters. The first-order valence-corrected chi connectivity index (χ1v) is 10.1. The Hall–Kier alpha value is -1.42. The molecule has 2 aromatic rings. The van der Waals surface area contributed by atoms with Crippen molar-refractivity contribution in [2.24, 2.45) is 5.92 Å². The predicted octanol–water partition coefficient (Wildman–Crippen LogP) is 5.85. The molecule has 3 rings (SSSR count). The van der Waals surface area contributed by atoms with Crippen molar-refractivity contribution in [2.75, 3.05) is 20.8 Å². The Morgan fingerprint density at radius 3 is 2.11 bits per heavy atom. The Morgan fingerprint density at radius 2 is 1.56 bits per heavy atom. The van der Waals surface area contributed by atoms with Crippen LogP contribution >= 0.6 is 23.2 Å². The third-order valence-corrected chi connectivity index (χ3v) is 6.15. The van der Waals surface area contributed by atoms with Gasteiger partial charge in [0.25, 0.3) is 0 Å². The summed E-state index contributed by atoms with van der Waals surface area (Å²) in [4.78, 5) is 2.54. The van der Waals surface area contributed by atoms with Gasteiger partial charge in [0.2, 0.25) is 0 Å². The molecule has 0 spiro atoms. The van der Waals surface area contributed by atoms with E-state index < -0.39 is 0 Å². The van der Waals surface area contributed by atoms with Crippen LogP contribution in [-0.4, -0.2) is 31.7 Å². The van der Waals surface area contributed by atoms with Gasteiger partial charge in [0.1, 0.15) is 11.5 Å². The Balaban J connectivity index is 1.77. The number of nitrogens with zero attached hydrogens (tertiary/aromatic N) is 1. The molecule has 1 aliphatic rings. The van der Waals surface area contributed by atoms with Crippen LogP contribution in [0.5, 0.6) is 11.5 Å². The summed E-state index contributed by atoms with van der Waals surface area (Å²) in [5.41, 5.74) is 2.31. The lowest BCUT2D eigenvalue weighted by atomic mass is 9.88. The van der Waals surface area contributed by atoms with Crippen LogP contribution in [0.3, 0.4) is 0 Å². The molecule has 1 heterocycles. The highest BCUT2D eigenvalue weighted by atomic mass is 35.5. The van der Waals surface area contributed by atoms with Gasteiger partial charge in [-0.05, 0) is 67.1 Å². The first-order valence-electron chi connectivity index (χ1n) is 9.39. The van der Waals surface area contributed by atoms with Crippen LogP contribution in [0, 0.1) is 5.92 Å². The van der Waals surface area contributed by atoms with E-state index in [0.29, 0.717) is 6.04 Å². The molecule has 27 heavy (non-hydrogen) atoms. The topological polar surface area (TPSA) is 21.7 Å². The third-order valence-electron chi connectivity index (χ3n) is 5.45. The van der Waals surface area contributed by atoms with E-state index in [1.807, 2.05) is 24.3 Å². The van der Waals surface area contributed by atoms with Crippen molar-refractivity contribution in [1.29, 1.82) is 0 Å². The van der Waals surface area contributed by atoms with E-state index in [0.717, 1.165) is 59.0 Å². The van der Waals surface area contributed by atoms with Crippen molar-refractivity contribution in [2.45, 2.75) is 38.8 Å². The van der Waals surface area contributed by atoms with Crippen LogP contribution in [-0.2, 0) is 13.0 Å². The fourth-order valence-electron chi connectivity index (χ4n) is 3.80. The van der Waals surface area contributed by atoms with Gasteiger partial charge in [-0.15, -0.1) is 0 Å². The fourth-order valence-corrected chi connectivity index (χ4v) is 4.28. The van der Waals surface area contributed by atoms with Gasteiger partial charge in [0, 0.05) is 22.6 Å². The zero-order valence-electron chi connectivity index (χ0n) is 16.2. The Bertz CT molecular complexity index is 781. The molecule has 0 N–H and O–H groups in total. The first kappa shape index (κ1) is 20.3. The normalized spacial score (nSPS) is 20.5. The molecular formula is C22H27Cl2NO2. The second-order valence-corrected chi connectivity index (χ2v) is 8.19. The summed E-state index contributed by atoms with van der Waals surface area (Å²) in [5.74, 6) is 2.30. The molecule has 1 aliphatic heterocycles. The van der Waals surface area contributed by atoms with Crippen molar-refractivity contribution in [1.82, 2.24) is 4.90 Å². The molecule has 1 saturated heterocycles. The number of halogens is 2. The van der Waals surface area contributed by atoms with Crippen LogP contribution in [0.1, 0.15) is 30.9 Å². The molecule has 0 amide bonds. The van der Waals surface area contributed by atoms with Crippen molar-refractivity contribution < 1.29 is 9.47 Å². The molecule has 0 saturated carbocycles. The second kappa shape index (κ2) is 9.18. The van der Waals surface area contributed by atoms with E-state index in [9.17, 15) is 0 Å². The predicted molar refractivity (Wildman–Crippen MR) is 112 cm³/mol. The quantitative estimate of drug-likeness (QED) is 0.598. The number of hydrogen-bond donors (Lipinski definition) is 0. The average Bonchev–Trinajstić information content (AvgIpc) is 2.66. The van der Waals surface area contributed by atoms with Crippen molar-refractivity contribution in [3.8, 4) is 11.5 Å². The lowest BCUT2D eigenvalue weighted by Gasteiger charge is -2.39. The molecule has 2 unspecified atom stereocenters. The van der Waals surface area contributed by atoms with Gasteiger partial charge >= 0.3 is 0 Å². The van der Waals surface area contributed by atoms with Crippen molar-refractivity contribution in [3.63, 3.8) is 0 Å². The molecule has 2 aromatic carbocycles. The summed E-state index contributed by atoms with van der Waals surface area (Å²) < 4.78 is 10.5. The lowest BCUT2D eigenvalue weighted by Crippen LogP contribution is -2.42. The van der Waals surface area contributed by atoms with Crippen LogP contribution in [0.25, 0.3) is 0 Å². The highest BCUT2D eigenvalue weighted by molar-refractivity contribution is 6.31. The van der Waals surface area contributed by atoms with E-state index in [2.05, 4.69) is 24.0 Å². The van der Waals surface area contributed by atoms with E-state index in [1.54, 1.807) is 14.2 Å². The third kappa shape index (κ3) is 5.10. The molecule has 5 heteroatoms. The van der Waals surface area contributed by atoms with Gasteiger partial charge in [0.15, 0.2) is 0 Å². The summed E-state index contributed by atoms with van der Waals surface area (Å²) >= 11 is 13.0. The summed E-state index contributed by atoms with van der Waals surface area (Å²) in [6.45, 7) is 4.25.